The smallest absolute Gasteiger partial charge is 0.241 e. The van der Waals surface area contributed by atoms with Crippen molar-refractivity contribution in [2.24, 2.45) is 0 Å². The van der Waals surface area contributed by atoms with Crippen molar-refractivity contribution in [3.05, 3.63) is 31.0 Å². The molecule has 1 aromatic heterocycles. The minimum atomic E-state index is -3.42. The molecule has 1 saturated heterocycles. The van der Waals surface area contributed by atoms with Gasteiger partial charge >= 0.3 is 0 Å². The predicted octanol–water partition coefficient (Wildman–Crippen LogP) is 1.05. The maximum absolute atomic E-state index is 11.6. The van der Waals surface area contributed by atoms with Crippen LogP contribution >= 0.6 is 0 Å². The molecule has 2 rings (SSSR count). The molecular weight excluding hydrogens is 288 g/mol. The molecule has 0 unspecified atom stereocenters. The Morgan fingerprint density at radius 1 is 1.43 bits per heavy atom. The molecule has 0 aromatic carbocycles. The van der Waals surface area contributed by atoms with Crippen LogP contribution in [0.5, 0.6) is 0 Å². The number of aromatic nitrogens is 1. The van der Waals surface area contributed by atoms with Gasteiger partial charge in [0.15, 0.2) is 0 Å². The van der Waals surface area contributed by atoms with E-state index >= 15 is 0 Å². The molecule has 0 aliphatic carbocycles. The Labute approximate surface area is 126 Å². The van der Waals surface area contributed by atoms with Crippen molar-refractivity contribution < 1.29 is 8.42 Å². The molecule has 0 saturated carbocycles. The molecule has 21 heavy (non-hydrogen) atoms. The van der Waals surface area contributed by atoms with Crippen molar-refractivity contribution in [2.75, 3.05) is 32.0 Å². The van der Waals surface area contributed by atoms with Crippen LogP contribution in [0.2, 0.25) is 0 Å². The largest absolute Gasteiger partial charge is 0.367 e. The van der Waals surface area contributed by atoms with Crippen LogP contribution < -0.4 is 10.0 Å². The van der Waals surface area contributed by atoms with Crippen molar-refractivity contribution in [3.63, 3.8) is 0 Å². The summed E-state index contributed by atoms with van der Waals surface area (Å²) < 4.78 is 25.5. The highest BCUT2D eigenvalue weighted by Gasteiger charge is 2.18. The van der Waals surface area contributed by atoms with Crippen molar-refractivity contribution in [1.29, 1.82) is 0 Å². The number of nitrogens with one attached hydrogen (secondary N) is 2. The van der Waals surface area contributed by atoms with Crippen molar-refractivity contribution in [2.45, 2.75) is 23.8 Å². The van der Waals surface area contributed by atoms with Gasteiger partial charge in [0.25, 0.3) is 0 Å². The number of nitrogens with zero attached hydrogens (tertiary/aromatic N) is 2. The lowest BCUT2D eigenvalue weighted by Crippen LogP contribution is -2.39. The summed E-state index contributed by atoms with van der Waals surface area (Å²) in [6.45, 7) is 6.76. The number of pyridine rings is 1. The number of anilines is 1. The molecular formula is C14H22N4O2S. The molecule has 7 heteroatoms. The molecule has 0 spiro atoms. The first-order valence-corrected chi connectivity index (χ1v) is 8.53. The zero-order valence-corrected chi connectivity index (χ0v) is 13.1. The van der Waals surface area contributed by atoms with Crippen molar-refractivity contribution >= 4 is 15.8 Å². The summed E-state index contributed by atoms with van der Waals surface area (Å²) in [7, 11) is -2.03. The molecule has 1 fully saturated rings. The first-order chi connectivity index (χ1) is 10.0. The van der Waals surface area contributed by atoms with Gasteiger partial charge in [-0.25, -0.2) is 18.1 Å². The van der Waals surface area contributed by atoms with E-state index in [1.807, 2.05) is 6.08 Å². The van der Waals surface area contributed by atoms with E-state index in [0.717, 1.165) is 32.5 Å². The number of hydrogen-bond acceptors (Lipinski definition) is 5. The second-order valence-electron chi connectivity index (χ2n) is 5.09. The monoisotopic (exact) mass is 310 g/mol. The van der Waals surface area contributed by atoms with Gasteiger partial charge in [0.2, 0.25) is 10.0 Å². The molecule has 2 N–H and O–H groups in total. The molecule has 0 atom stereocenters. The number of piperidine rings is 1. The summed E-state index contributed by atoms with van der Waals surface area (Å²) in [5, 5.41) is 3.36. The summed E-state index contributed by atoms with van der Waals surface area (Å²) >= 11 is 0. The first-order valence-electron chi connectivity index (χ1n) is 7.04. The minimum Gasteiger partial charge on any atom is -0.367 e. The molecule has 2 heterocycles. The SMILES string of the molecule is C=CCN1CCC(Nc2ccc(S(=O)(=O)NC)cn2)CC1. The van der Waals surface area contributed by atoms with Crippen LogP contribution in [0, 0.1) is 0 Å². The number of sulfonamides is 1. The molecule has 1 aromatic rings. The number of hydrogen-bond donors (Lipinski definition) is 2. The highest BCUT2D eigenvalue weighted by molar-refractivity contribution is 7.89. The van der Waals surface area contributed by atoms with E-state index < -0.39 is 10.0 Å². The Bertz CT molecular complexity index is 563. The summed E-state index contributed by atoms with van der Waals surface area (Å²) in [5.41, 5.74) is 0. The molecule has 1 aliphatic heterocycles. The second-order valence-corrected chi connectivity index (χ2v) is 6.98. The van der Waals surface area contributed by atoms with Gasteiger partial charge in [-0.05, 0) is 32.0 Å². The normalized spacial score (nSPS) is 17.6. The van der Waals surface area contributed by atoms with Crippen LogP contribution in [0.15, 0.2) is 35.9 Å². The Balaban J connectivity index is 1.91. The molecule has 0 amide bonds. The number of rotatable bonds is 6. The summed E-state index contributed by atoms with van der Waals surface area (Å²) in [6.07, 6.45) is 5.40. The highest BCUT2D eigenvalue weighted by atomic mass is 32.2. The zero-order valence-electron chi connectivity index (χ0n) is 12.2. The van der Waals surface area contributed by atoms with E-state index in [2.05, 4.69) is 26.5 Å². The van der Waals surface area contributed by atoms with Crippen LogP contribution in [0.3, 0.4) is 0 Å². The lowest BCUT2D eigenvalue weighted by molar-refractivity contribution is 0.240. The molecule has 116 valence electrons. The zero-order chi connectivity index (χ0) is 15.3. The average molecular weight is 310 g/mol. The van der Waals surface area contributed by atoms with E-state index in [1.54, 1.807) is 12.1 Å². The topological polar surface area (TPSA) is 74.3 Å². The number of likely N-dealkylation sites (tertiary alicyclic amines) is 1. The van der Waals surface area contributed by atoms with Gasteiger partial charge < -0.3 is 5.32 Å². The van der Waals surface area contributed by atoms with E-state index in [0.29, 0.717) is 11.9 Å². The van der Waals surface area contributed by atoms with Gasteiger partial charge in [0.05, 0.1) is 0 Å². The molecule has 0 bridgehead atoms. The highest BCUT2D eigenvalue weighted by Crippen LogP contribution is 2.16. The average Bonchev–Trinajstić information content (AvgIpc) is 2.50. The van der Waals surface area contributed by atoms with Gasteiger partial charge in [-0.2, -0.15) is 0 Å². The van der Waals surface area contributed by atoms with E-state index in [1.165, 1.54) is 13.2 Å². The second kappa shape index (κ2) is 7.02. The van der Waals surface area contributed by atoms with Gasteiger partial charge in [0, 0.05) is 31.9 Å². The van der Waals surface area contributed by atoms with Crippen molar-refractivity contribution in [3.8, 4) is 0 Å². The maximum atomic E-state index is 11.6. The van der Waals surface area contributed by atoms with Crippen LogP contribution in [0.4, 0.5) is 5.82 Å². The third-order valence-corrected chi connectivity index (χ3v) is 5.04. The van der Waals surface area contributed by atoms with E-state index in [-0.39, 0.29) is 4.90 Å². The lowest BCUT2D eigenvalue weighted by atomic mass is 10.1. The standard InChI is InChI=1S/C14H22N4O2S/c1-3-8-18-9-6-12(7-10-18)17-14-5-4-13(11-16-14)21(19,20)15-2/h3-5,11-12,15H,1,6-10H2,2H3,(H,16,17). The van der Waals surface area contributed by atoms with Crippen LogP contribution in [0.25, 0.3) is 0 Å². The third-order valence-electron chi connectivity index (χ3n) is 3.64. The predicted molar refractivity (Wildman–Crippen MR) is 83.8 cm³/mol. The summed E-state index contributed by atoms with van der Waals surface area (Å²) in [4.78, 5) is 6.72. The van der Waals surface area contributed by atoms with Crippen LogP contribution in [-0.4, -0.2) is 51.0 Å². The fraction of sp³-hybridized carbons (Fsp3) is 0.500. The molecule has 1 aliphatic rings. The van der Waals surface area contributed by atoms with Gasteiger partial charge in [-0.1, -0.05) is 6.08 Å². The van der Waals surface area contributed by atoms with Crippen LogP contribution in [0.1, 0.15) is 12.8 Å². The third kappa shape index (κ3) is 4.26. The first kappa shape index (κ1) is 15.9. The van der Waals surface area contributed by atoms with E-state index in [4.69, 9.17) is 0 Å². The van der Waals surface area contributed by atoms with Gasteiger partial charge in [0.1, 0.15) is 10.7 Å². The van der Waals surface area contributed by atoms with E-state index in [9.17, 15) is 8.42 Å². The lowest BCUT2D eigenvalue weighted by Gasteiger charge is -2.31. The van der Waals surface area contributed by atoms with Gasteiger partial charge in [-0.15, -0.1) is 6.58 Å². The van der Waals surface area contributed by atoms with Crippen LogP contribution in [-0.2, 0) is 10.0 Å². The Kier molecular flexibility index (Phi) is 5.33. The summed E-state index contributed by atoms with van der Waals surface area (Å²) in [5.74, 6) is 0.715. The maximum Gasteiger partial charge on any atom is 0.241 e. The fourth-order valence-corrected chi connectivity index (χ4v) is 3.07. The minimum absolute atomic E-state index is 0.177. The quantitative estimate of drug-likeness (QED) is 0.768. The Morgan fingerprint density at radius 2 is 2.14 bits per heavy atom. The Hall–Kier alpha value is -1.44. The molecule has 0 radical (unpaired) electrons. The van der Waals surface area contributed by atoms with Gasteiger partial charge in [-0.3, -0.25) is 4.90 Å². The molecule has 6 nitrogen and oxygen atoms in total. The van der Waals surface area contributed by atoms with Crippen molar-refractivity contribution in [1.82, 2.24) is 14.6 Å². The fourth-order valence-electron chi connectivity index (χ4n) is 2.39. The summed E-state index contributed by atoms with van der Waals surface area (Å²) in [6, 6.07) is 3.65. The Morgan fingerprint density at radius 3 is 2.67 bits per heavy atom.